The van der Waals surface area contributed by atoms with E-state index in [1.165, 1.54) is 25.7 Å². The van der Waals surface area contributed by atoms with Crippen molar-refractivity contribution >= 4 is 11.6 Å². The van der Waals surface area contributed by atoms with E-state index in [4.69, 9.17) is 11.6 Å². The molecule has 0 aliphatic heterocycles. The molecule has 64 valence electrons. The Kier molecular flexibility index (Phi) is 9.57. The molecule has 0 aromatic rings. The largest absolute Gasteiger partial charge is 0.103 e. The number of unbranched alkanes of at least 4 members (excludes halogenated alkanes) is 5. The van der Waals surface area contributed by atoms with Gasteiger partial charge in [-0.05, 0) is 25.7 Å². The fraction of sp³-hybridized carbons (Fsp3) is 0.600. The maximum atomic E-state index is 5.37. The van der Waals surface area contributed by atoms with E-state index < -0.39 is 0 Å². The van der Waals surface area contributed by atoms with Crippen molar-refractivity contribution in [2.75, 3.05) is 0 Å². The van der Waals surface area contributed by atoms with Gasteiger partial charge >= 0.3 is 0 Å². The smallest absolute Gasteiger partial charge is 0.000245 e. The van der Waals surface area contributed by atoms with E-state index in [9.17, 15) is 0 Å². The summed E-state index contributed by atoms with van der Waals surface area (Å²) in [6.07, 6.45) is 11.5. The van der Waals surface area contributed by atoms with Crippen molar-refractivity contribution in [3.8, 4) is 0 Å². The average molecular weight is 173 g/mol. The zero-order valence-corrected chi connectivity index (χ0v) is 7.82. The van der Waals surface area contributed by atoms with Crippen molar-refractivity contribution in [2.24, 2.45) is 0 Å². The maximum absolute atomic E-state index is 5.37. The van der Waals surface area contributed by atoms with Crippen LogP contribution in [0.4, 0.5) is 0 Å². The van der Waals surface area contributed by atoms with Crippen LogP contribution in [0, 0.1) is 0 Å². The maximum Gasteiger partial charge on any atom is 0.000245 e. The highest BCUT2D eigenvalue weighted by molar-refractivity contribution is 6.25. The summed E-state index contributed by atoms with van der Waals surface area (Å²) < 4.78 is 0. The summed E-state index contributed by atoms with van der Waals surface area (Å²) in [6, 6.07) is 0. The first-order valence-corrected chi connectivity index (χ1v) is 4.71. The second-order valence-electron chi connectivity index (χ2n) is 2.64. The molecule has 0 amide bonds. The standard InChI is InChI=1S/C10H17Cl/c1-2-3-4-5-6-7-8-9-10-11/h2,9-10H,1,3-8H2/b10-9-. The van der Waals surface area contributed by atoms with Gasteiger partial charge in [0.25, 0.3) is 0 Å². The van der Waals surface area contributed by atoms with Crippen molar-refractivity contribution < 1.29 is 0 Å². The van der Waals surface area contributed by atoms with Crippen LogP contribution in [0.3, 0.4) is 0 Å². The zero-order valence-electron chi connectivity index (χ0n) is 7.06. The molecule has 0 bridgehead atoms. The summed E-state index contributed by atoms with van der Waals surface area (Å²) in [7, 11) is 0. The fourth-order valence-corrected chi connectivity index (χ4v) is 1.09. The Morgan fingerprint density at radius 1 is 1.00 bits per heavy atom. The van der Waals surface area contributed by atoms with Gasteiger partial charge in [-0.2, -0.15) is 0 Å². The Morgan fingerprint density at radius 3 is 2.18 bits per heavy atom. The van der Waals surface area contributed by atoms with E-state index in [-0.39, 0.29) is 0 Å². The molecule has 0 saturated carbocycles. The lowest BCUT2D eigenvalue weighted by molar-refractivity contribution is 0.653. The SMILES string of the molecule is C=CCCCCCC/C=C\Cl. The number of rotatable bonds is 7. The van der Waals surface area contributed by atoms with Gasteiger partial charge in [-0.25, -0.2) is 0 Å². The number of hydrogen-bond acceptors (Lipinski definition) is 0. The molecule has 0 heterocycles. The van der Waals surface area contributed by atoms with E-state index in [2.05, 4.69) is 6.58 Å². The Bertz CT molecular complexity index is 105. The van der Waals surface area contributed by atoms with Crippen LogP contribution in [0.2, 0.25) is 0 Å². The molecular formula is C10H17Cl. The quantitative estimate of drug-likeness (QED) is 0.398. The third kappa shape index (κ3) is 9.77. The van der Waals surface area contributed by atoms with E-state index in [1.807, 2.05) is 12.2 Å². The molecule has 0 N–H and O–H groups in total. The number of halogens is 1. The highest BCUT2D eigenvalue weighted by Crippen LogP contribution is 2.05. The molecule has 0 fully saturated rings. The predicted octanol–water partition coefficient (Wildman–Crippen LogP) is 4.27. The summed E-state index contributed by atoms with van der Waals surface area (Å²) in [5.74, 6) is 0. The predicted molar refractivity (Wildman–Crippen MR) is 52.9 cm³/mol. The summed E-state index contributed by atoms with van der Waals surface area (Å²) in [5.41, 5.74) is 1.60. The molecule has 0 aromatic heterocycles. The number of hydrogen-bond donors (Lipinski definition) is 0. The van der Waals surface area contributed by atoms with Crippen LogP contribution in [0.25, 0.3) is 0 Å². The minimum absolute atomic E-state index is 1.12. The lowest BCUT2D eigenvalue weighted by Gasteiger charge is -1.95. The topological polar surface area (TPSA) is 0 Å². The Morgan fingerprint density at radius 2 is 1.64 bits per heavy atom. The average Bonchev–Trinajstić information content (AvgIpc) is 2.03. The Hall–Kier alpha value is -0.230. The van der Waals surface area contributed by atoms with Crippen LogP contribution in [0.15, 0.2) is 24.3 Å². The van der Waals surface area contributed by atoms with Crippen LogP contribution in [0.1, 0.15) is 38.5 Å². The summed E-state index contributed by atoms with van der Waals surface area (Å²) in [6.45, 7) is 3.68. The summed E-state index contributed by atoms with van der Waals surface area (Å²) in [4.78, 5) is 0. The zero-order chi connectivity index (χ0) is 8.36. The van der Waals surface area contributed by atoms with Gasteiger partial charge in [0.15, 0.2) is 0 Å². The van der Waals surface area contributed by atoms with Gasteiger partial charge in [0.2, 0.25) is 0 Å². The first-order chi connectivity index (χ1) is 5.41. The van der Waals surface area contributed by atoms with Crippen molar-refractivity contribution in [2.45, 2.75) is 38.5 Å². The van der Waals surface area contributed by atoms with Crippen molar-refractivity contribution in [1.29, 1.82) is 0 Å². The lowest BCUT2D eigenvalue weighted by atomic mass is 10.1. The molecule has 0 rings (SSSR count). The minimum atomic E-state index is 1.12. The minimum Gasteiger partial charge on any atom is -0.103 e. The van der Waals surface area contributed by atoms with Gasteiger partial charge in [0, 0.05) is 5.54 Å². The Balaban J connectivity index is 2.84. The van der Waals surface area contributed by atoms with Gasteiger partial charge in [-0.15, -0.1) is 6.58 Å². The van der Waals surface area contributed by atoms with Gasteiger partial charge in [0.1, 0.15) is 0 Å². The molecule has 11 heavy (non-hydrogen) atoms. The third-order valence-corrected chi connectivity index (χ3v) is 1.80. The van der Waals surface area contributed by atoms with Gasteiger partial charge < -0.3 is 0 Å². The van der Waals surface area contributed by atoms with E-state index >= 15 is 0 Å². The van der Waals surface area contributed by atoms with E-state index in [0.29, 0.717) is 0 Å². The molecule has 0 aliphatic rings. The number of allylic oxidation sites excluding steroid dienone is 2. The highest BCUT2D eigenvalue weighted by atomic mass is 35.5. The molecule has 0 aromatic carbocycles. The van der Waals surface area contributed by atoms with Crippen molar-refractivity contribution in [3.63, 3.8) is 0 Å². The van der Waals surface area contributed by atoms with Crippen LogP contribution < -0.4 is 0 Å². The second-order valence-corrected chi connectivity index (χ2v) is 2.89. The molecule has 0 atom stereocenters. The normalized spacial score (nSPS) is 10.6. The second kappa shape index (κ2) is 9.77. The molecule has 0 unspecified atom stereocenters. The molecule has 0 radical (unpaired) electrons. The van der Waals surface area contributed by atoms with Crippen LogP contribution in [-0.2, 0) is 0 Å². The monoisotopic (exact) mass is 172 g/mol. The molecule has 0 aliphatic carbocycles. The molecule has 0 saturated heterocycles. The van der Waals surface area contributed by atoms with Crippen molar-refractivity contribution in [3.05, 3.63) is 24.3 Å². The molecule has 0 nitrogen and oxygen atoms in total. The van der Waals surface area contributed by atoms with Crippen LogP contribution >= 0.6 is 11.6 Å². The highest BCUT2D eigenvalue weighted by Gasteiger charge is 1.86. The summed E-state index contributed by atoms with van der Waals surface area (Å²) >= 11 is 5.37. The third-order valence-electron chi connectivity index (χ3n) is 1.62. The Labute approximate surface area is 74.9 Å². The lowest BCUT2D eigenvalue weighted by Crippen LogP contribution is -1.75. The fourth-order valence-electron chi connectivity index (χ4n) is 0.967. The molecular weight excluding hydrogens is 156 g/mol. The van der Waals surface area contributed by atoms with Crippen LogP contribution in [0.5, 0.6) is 0 Å². The van der Waals surface area contributed by atoms with Crippen LogP contribution in [-0.4, -0.2) is 0 Å². The summed E-state index contributed by atoms with van der Waals surface area (Å²) in [5, 5.41) is 0. The van der Waals surface area contributed by atoms with E-state index in [0.717, 1.165) is 12.8 Å². The van der Waals surface area contributed by atoms with Gasteiger partial charge in [-0.1, -0.05) is 36.6 Å². The van der Waals surface area contributed by atoms with Crippen molar-refractivity contribution in [1.82, 2.24) is 0 Å². The molecule has 0 spiro atoms. The molecule has 1 heteroatoms. The first kappa shape index (κ1) is 10.8. The first-order valence-electron chi connectivity index (χ1n) is 4.28. The van der Waals surface area contributed by atoms with E-state index in [1.54, 1.807) is 5.54 Å². The van der Waals surface area contributed by atoms with Gasteiger partial charge in [-0.3, -0.25) is 0 Å². The van der Waals surface area contributed by atoms with Gasteiger partial charge in [0.05, 0.1) is 0 Å².